The Hall–Kier alpha value is -5.75. The average Bonchev–Trinajstić information content (AvgIpc) is 3.92. The van der Waals surface area contributed by atoms with Crippen molar-refractivity contribution < 1.29 is 91.3 Å². The number of nitrogens with two attached hydrogens (primary N) is 1. The van der Waals surface area contributed by atoms with Crippen LogP contribution < -0.4 is 36.5 Å². The van der Waals surface area contributed by atoms with Gasteiger partial charge in [0.2, 0.25) is 47.3 Å². The minimum absolute atomic E-state index is 0.00964. The van der Waals surface area contributed by atoms with Gasteiger partial charge >= 0.3 is 10.4 Å². The highest BCUT2D eigenvalue weighted by Crippen LogP contribution is 2.30. The third-order valence-electron chi connectivity index (χ3n) is 14.4. The largest absolute Gasteiger partial charge is 0.504 e. The Bertz CT molecular complexity index is 2360. The number of nitrogens with one attached hydrogen (secondary N) is 5. The molecule has 0 aliphatic carbocycles. The summed E-state index contributed by atoms with van der Waals surface area (Å²) in [4.78, 5) is 113. The second kappa shape index (κ2) is 31.3. The molecule has 3 heterocycles. The Kier molecular flexibility index (Phi) is 26.1. The number of amides is 8. The van der Waals surface area contributed by atoms with E-state index in [2.05, 4.69) is 37.7 Å². The zero-order valence-corrected chi connectivity index (χ0v) is 45.9. The summed E-state index contributed by atoms with van der Waals surface area (Å²) in [6.07, 6.45) is -0.348. The Labute approximate surface area is 459 Å². The maximum absolute atomic E-state index is 14.6. The molecule has 4 rings (SSSR count). The molecule has 3 fully saturated rings. The molecule has 27 nitrogen and oxygen atoms in total. The zero-order valence-electron chi connectivity index (χ0n) is 45.0. The van der Waals surface area contributed by atoms with Gasteiger partial charge in [0.15, 0.2) is 11.5 Å². The molecule has 3 aliphatic heterocycles. The van der Waals surface area contributed by atoms with Gasteiger partial charge in [0, 0.05) is 38.3 Å². The van der Waals surface area contributed by atoms with Crippen LogP contribution in [0.2, 0.25) is 0 Å². The number of unbranched alkanes of at least 4 members (excludes halogenated alkanes) is 12. The van der Waals surface area contributed by atoms with Gasteiger partial charge in [-0.05, 0) is 43.9 Å². The lowest BCUT2D eigenvalue weighted by atomic mass is 9.98. The van der Waals surface area contributed by atoms with Crippen molar-refractivity contribution in [3.05, 3.63) is 23.8 Å². The van der Waals surface area contributed by atoms with E-state index >= 15 is 0 Å². The maximum atomic E-state index is 14.6. The van der Waals surface area contributed by atoms with Gasteiger partial charge in [-0.2, -0.15) is 8.42 Å². The van der Waals surface area contributed by atoms with Gasteiger partial charge in [-0.3, -0.25) is 42.9 Å². The number of phenolic OH excluding ortho intramolecular Hbond substituents is 1. The molecule has 79 heavy (non-hydrogen) atoms. The summed E-state index contributed by atoms with van der Waals surface area (Å²) in [5.74, 6) is -11.7. The van der Waals surface area contributed by atoms with Crippen LogP contribution >= 0.6 is 0 Å². The Morgan fingerprint density at radius 3 is 1.90 bits per heavy atom. The van der Waals surface area contributed by atoms with Gasteiger partial charge in [0.05, 0.1) is 36.9 Å². The Morgan fingerprint density at radius 2 is 1.32 bits per heavy atom. The van der Waals surface area contributed by atoms with Crippen molar-refractivity contribution in [3.63, 3.8) is 0 Å². The van der Waals surface area contributed by atoms with E-state index in [0.717, 1.165) is 67.0 Å². The van der Waals surface area contributed by atoms with Crippen LogP contribution in [-0.4, -0.2) is 192 Å². The lowest BCUT2D eigenvalue weighted by Crippen LogP contribution is -2.64. The first-order valence-corrected chi connectivity index (χ1v) is 28.6. The van der Waals surface area contributed by atoms with E-state index in [1.54, 1.807) is 0 Å². The number of fused-ring (bicyclic) bond motifs is 2. The molecule has 0 unspecified atom stereocenters. The molecular weight excluding hydrogens is 1060 g/mol. The molecule has 8 amide bonds. The van der Waals surface area contributed by atoms with Crippen molar-refractivity contribution >= 4 is 57.7 Å². The highest BCUT2D eigenvalue weighted by Gasteiger charge is 2.50. The van der Waals surface area contributed by atoms with Crippen molar-refractivity contribution in [3.8, 4) is 11.5 Å². The maximum Gasteiger partial charge on any atom is 0.446 e. The summed E-state index contributed by atoms with van der Waals surface area (Å²) >= 11 is 0. The molecule has 0 bridgehead atoms. The third-order valence-corrected chi connectivity index (χ3v) is 14.8. The molecule has 0 aromatic heterocycles. The van der Waals surface area contributed by atoms with Crippen molar-refractivity contribution in [1.82, 2.24) is 36.4 Å². The molecule has 3 aliphatic rings. The van der Waals surface area contributed by atoms with Crippen LogP contribution in [0.1, 0.15) is 142 Å². The molecule has 3 saturated heterocycles. The van der Waals surface area contributed by atoms with Crippen LogP contribution in [0.4, 0.5) is 0 Å². The standard InChI is InChI=1S/C51H82N8O19S/c1-4-5-6-7-8-9-10-11-12-13-14-15-16-17-39(66)53-32-19-21-40(67)54-49(72)44-45(68)28(2)26-59(44)51(74)43(36(64)25-38(52)65)57-48(71)42(35(63)22-30-18-20-34(62)37(23-30)78-79(75,76)77)56-47(70)33-24-31(61)27-58(33)50(73)41(29(3)60)55-46(32)69/h18,20,23,28-29,31-33,35-36,40-45,60-64,67-68H,4-17,19,21-22,24-27H2,1-3H3,(H2,52,65)(H,53,66)(H,54,72)(H,55,69)(H,56,70)(H,57,71)(H,75,76,77)/t28-,29+,31+,32+,33-,35-,36-,40-,41+,42-,43-,44-,45+/m1/s1. The normalized spacial score (nSPS) is 27.1. The van der Waals surface area contributed by atoms with Gasteiger partial charge in [0.1, 0.15) is 42.5 Å². The summed E-state index contributed by atoms with van der Waals surface area (Å²) in [6, 6.07) is -8.65. The fraction of sp³-hybridized carbons (Fsp3) is 0.725. The predicted molar refractivity (Wildman–Crippen MR) is 280 cm³/mol. The number of hydrogen-bond donors (Lipinski definition) is 14. The Balaban J connectivity index is 1.69. The predicted octanol–water partition coefficient (Wildman–Crippen LogP) is -2.09. The van der Waals surface area contributed by atoms with Crippen LogP contribution in [0.3, 0.4) is 0 Å². The molecule has 15 N–H and O–H groups in total. The number of phenols is 1. The van der Waals surface area contributed by atoms with E-state index in [4.69, 9.17) is 5.73 Å². The smallest absolute Gasteiger partial charge is 0.446 e. The molecule has 1 aromatic carbocycles. The molecule has 13 atom stereocenters. The highest BCUT2D eigenvalue weighted by atomic mass is 32.3. The van der Waals surface area contributed by atoms with Crippen molar-refractivity contribution in [2.24, 2.45) is 11.7 Å². The minimum Gasteiger partial charge on any atom is -0.504 e. The van der Waals surface area contributed by atoms with Gasteiger partial charge in [-0.15, -0.1) is 0 Å². The number of nitrogens with zero attached hydrogens (tertiary/aromatic N) is 2. The summed E-state index contributed by atoms with van der Waals surface area (Å²) in [5.41, 5.74) is 5.24. The second-order valence-corrected chi connectivity index (χ2v) is 22.1. The van der Waals surface area contributed by atoms with Crippen molar-refractivity contribution in [1.29, 1.82) is 0 Å². The number of aliphatic hydroxyl groups excluding tert-OH is 6. The van der Waals surface area contributed by atoms with Gasteiger partial charge < -0.3 is 82.0 Å². The number of hydrogen-bond acceptors (Lipinski definition) is 18. The number of primary amides is 1. The first-order chi connectivity index (χ1) is 37.2. The van der Waals surface area contributed by atoms with E-state index in [1.165, 1.54) is 51.9 Å². The molecular formula is C51H82N8O19S. The summed E-state index contributed by atoms with van der Waals surface area (Å²) in [7, 11) is -5.22. The average molecular weight is 1140 g/mol. The van der Waals surface area contributed by atoms with E-state index in [1.807, 2.05) is 0 Å². The summed E-state index contributed by atoms with van der Waals surface area (Å²) < 4.78 is 36.6. The van der Waals surface area contributed by atoms with Crippen LogP contribution in [-0.2, 0) is 55.2 Å². The third kappa shape index (κ3) is 20.4. The lowest BCUT2D eigenvalue weighted by Gasteiger charge is -2.34. The zero-order chi connectivity index (χ0) is 58.7. The minimum atomic E-state index is -5.22. The fourth-order valence-corrected chi connectivity index (χ4v) is 10.4. The highest BCUT2D eigenvalue weighted by molar-refractivity contribution is 7.81. The number of carbonyl (C=O) groups excluding carboxylic acids is 8. The van der Waals surface area contributed by atoms with Crippen molar-refractivity contribution in [2.45, 2.75) is 216 Å². The first-order valence-electron chi connectivity index (χ1n) is 27.2. The number of rotatable bonds is 24. The molecule has 28 heteroatoms. The molecule has 0 spiro atoms. The van der Waals surface area contributed by atoms with Gasteiger partial charge in [0.25, 0.3) is 0 Å². The molecule has 446 valence electrons. The van der Waals surface area contributed by atoms with Gasteiger partial charge in [-0.25, -0.2) is 0 Å². The molecule has 0 saturated carbocycles. The van der Waals surface area contributed by atoms with E-state index in [0.29, 0.717) is 6.42 Å². The van der Waals surface area contributed by atoms with Crippen molar-refractivity contribution in [2.75, 3.05) is 13.1 Å². The number of carbonyl (C=O) groups is 8. The van der Waals surface area contributed by atoms with Crippen LogP contribution in [0.25, 0.3) is 0 Å². The monoisotopic (exact) mass is 1140 g/mol. The topological polar surface area (TPSA) is 434 Å². The number of benzene rings is 1. The SMILES string of the molecule is CCCCCCCCCCCCCCCC(=O)N[C@H]1CC[C@@H](O)NC(=O)[C@H]2[C@@H](O)[C@H](C)CN2C(=O)[C@@H]([C@H](O)CC(N)=O)NC(=O)[C@@H]([C@H](O)Cc2ccc(O)c(OS(=O)(=O)O)c2)NC(=O)[C@H]2C[C@H](O)CN2C(=O)[C@H]([C@H](C)O)NC1=O. The summed E-state index contributed by atoms with van der Waals surface area (Å²) in [6.45, 7) is 3.76. The quantitative estimate of drug-likeness (QED) is 0.0390. The van der Waals surface area contributed by atoms with E-state index in [9.17, 15) is 87.1 Å². The molecule has 0 radical (unpaired) electrons. The lowest BCUT2D eigenvalue weighted by molar-refractivity contribution is -0.148. The fourth-order valence-electron chi connectivity index (χ4n) is 10.0. The van der Waals surface area contributed by atoms with E-state index < -0.39 is 193 Å². The summed E-state index contributed by atoms with van der Waals surface area (Å²) in [5, 5.41) is 89.3. The number of aromatic hydroxyl groups is 1. The number of aliphatic hydroxyl groups is 6. The van der Waals surface area contributed by atoms with Crippen LogP contribution in [0, 0.1) is 5.92 Å². The van der Waals surface area contributed by atoms with Crippen LogP contribution in [0.15, 0.2) is 18.2 Å². The second-order valence-electron chi connectivity index (χ2n) is 21.0. The van der Waals surface area contributed by atoms with E-state index in [-0.39, 0.29) is 12.0 Å². The van der Waals surface area contributed by atoms with Crippen LogP contribution in [0.5, 0.6) is 11.5 Å². The molecule has 1 aromatic rings. The van der Waals surface area contributed by atoms with Gasteiger partial charge in [-0.1, -0.05) is 97.0 Å². The first kappa shape index (κ1) is 65.8. The Morgan fingerprint density at radius 1 is 0.747 bits per heavy atom.